The van der Waals surface area contributed by atoms with E-state index < -0.39 is 0 Å². The molecule has 1 aromatic heterocycles. The summed E-state index contributed by atoms with van der Waals surface area (Å²) in [5.74, 6) is 0.111. The quantitative estimate of drug-likeness (QED) is 0.687. The Morgan fingerprint density at radius 2 is 1.87 bits per heavy atom. The van der Waals surface area contributed by atoms with E-state index in [0.29, 0.717) is 32.0 Å². The number of anilines is 1. The molecular weight excluding hydrogens is 396 g/mol. The Bertz CT molecular complexity index is 838. The number of hydrogen-bond donors (Lipinski definition) is 0. The summed E-state index contributed by atoms with van der Waals surface area (Å²) in [5, 5.41) is 0. The summed E-state index contributed by atoms with van der Waals surface area (Å²) in [6.45, 7) is 3.41. The van der Waals surface area contributed by atoms with Gasteiger partial charge in [-0.2, -0.15) is 0 Å². The Balaban J connectivity index is 1.53. The number of rotatable bonds is 5. The third-order valence-corrected chi connectivity index (χ3v) is 6.61. The van der Waals surface area contributed by atoms with E-state index in [4.69, 9.17) is 4.98 Å². The summed E-state index contributed by atoms with van der Waals surface area (Å²) in [4.78, 5) is 54.2. The van der Waals surface area contributed by atoms with Gasteiger partial charge < -0.3 is 19.6 Å². The van der Waals surface area contributed by atoms with Gasteiger partial charge in [-0.3, -0.25) is 14.4 Å². The van der Waals surface area contributed by atoms with Crippen LogP contribution in [-0.4, -0.2) is 95.8 Å². The van der Waals surface area contributed by atoms with Crippen molar-refractivity contribution in [3.63, 3.8) is 0 Å². The van der Waals surface area contributed by atoms with E-state index in [2.05, 4.69) is 9.88 Å². The van der Waals surface area contributed by atoms with Gasteiger partial charge in [0.25, 0.3) is 0 Å². The number of likely N-dealkylation sites (tertiary alicyclic amines) is 2. The van der Waals surface area contributed by atoms with Crippen LogP contribution in [0.3, 0.4) is 0 Å². The standard InChI is InChI=1S/C22H32N6O3/c1-25(2)21(31)17-14-28(20(30)15-27-12-6-7-19(27)29)13-16(17)18-8-9-23-22(24-18)26-10-4-3-5-11-26/h8-9,16-17H,3-7,10-15H2,1-2H3/t16-,17+/m0/s1. The lowest BCUT2D eigenvalue weighted by molar-refractivity contribution is -0.138. The molecular formula is C22H32N6O3. The average molecular weight is 429 g/mol. The third-order valence-electron chi connectivity index (χ3n) is 6.61. The number of hydrogen-bond acceptors (Lipinski definition) is 6. The zero-order chi connectivity index (χ0) is 22.0. The highest BCUT2D eigenvalue weighted by atomic mass is 16.2. The topological polar surface area (TPSA) is 90.0 Å². The van der Waals surface area contributed by atoms with Crippen LogP contribution in [0, 0.1) is 5.92 Å². The summed E-state index contributed by atoms with van der Waals surface area (Å²) in [6, 6.07) is 1.87. The molecule has 0 aliphatic carbocycles. The predicted octanol–water partition coefficient (Wildman–Crippen LogP) is 0.720. The minimum Gasteiger partial charge on any atom is -0.349 e. The molecule has 9 nitrogen and oxygen atoms in total. The van der Waals surface area contributed by atoms with Crippen molar-refractivity contribution in [2.75, 3.05) is 58.3 Å². The molecule has 0 saturated carbocycles. The Morgan fingerprint density at radius 3 is 2.55 bits per heavy atom. The van der Waals surface area contributed by atoms with Crippen molar-refractivity contribution in [3.8, 4) is 0 Å². The lowest BCUT2D eigenvalue weighted by atomic mass is 9.91. The first-order valence-electron chi connectivity index (χ1n) is 11.3. The van der Waals surface area contributed by atoms with E-state index in [1.807, 2.05) is 6.07 Å². The molecule has 0 aromatic carbocycles. The molecule has 0 N–H and O–H groups in total. The van der Waals surface area contributed by atoms with Gasteiger partial charge in [-0.1, -0.05) is 0 Å². The van der Waals surface area contributed by atoms with Crippen LogP contribution in [0.1, 0.15) is 43.7 Å². The molecule has 168 valence electrons. The minimum atomic E-state index is -0.350. The second-order valence-electron chi connectivity index (χ2n) is 8.99. The summed E-state index contributed by atoms with van der Waals surface area (Å²) in [5.41, 5.74) is 0.809. The van der Waals surface area contributed by atoms with Gasteiger partial charge >= 0.3 is 0 Å². The van der Waals surface area contributed by atoms with Crippen LogP contribution in [0.25, 0.3) is 0 Å². The van der Waals surface area contributed by atoms with Gasteiger partial charge in [0.2, 0.25) is 23.7 Å². The lowest BCUT2D eigenvalue weighted by Crippen LogP contribution is -2.40. The summed E-state index contributed by atoms with van der Waals surface area (Å²) in [6.07, 6.45) is 6.58. The van der Waals surface area contributed by atoms with Gasteiger partial charge in [0.05, 0.1) is 18.2 Å². The molecule has 3 saturated heterocycles. The van der Waals surface area contributed by atoms with Crippen LogP contribution in [0.4, 0.5) is 5.95 Å². The molecule has 31 heavy (non-hydrogen) atoms. The molecule has 3 aliphatic heterocycles. The molecule has 0 bridgehead atoms. The van der Waals surface area contributed by atoms with Gasteiger partial charge in [-0.25, -0.2) is 9.97 Å². The van der Waals surface area contributed by atoms with E-state index in [-0.39, 0.29) is 36.1 Å². The van der Waals surface area contributed by atoms with Gasteiger partial charge in [0, 0.05) is 65.4 Å². The molecule has 3 aliphatic rings. The van der Waals surface area contributed by atoms with Crippen molar-refractivity contribution in [2.45, 2.75) is 38.0 Å². The molecule has 3 amide bonds. The number of nitrogens with zero attached hydrogens (tertiary/aromatic N) is 6. The first kappa shape index (κ1) is 21.5. The van der Waals surface area contributed by atoms with Crippen molar-refractivity contribution in [1.29, 1.82) is 0 Å². The largest absolute Gasteiger partial charge is 0.349 e. The monoisotopic (exact) mass is 428 g/mol. The minimum absolute atomic E-state index is 0.00400. The molecule has 3 fully saturated rings. The highest BCUT2D eigenvalue weighted by Crippen LogP contribution is 2.34. The van der Waals surface area contributed by atoms with Crippen molar-refractivity contribution >= 4 is 23.7 Å². The third kappa shape index (κ3) is 4.65. The maximum atomic E-state index is 12.9. The smallest absolute Gasteiger partial charge is 0.242 e. The van der Waals surface area contributed by atoms with Gasteiger partial charge in [-0.05, 0) is 31.7 Å². The number of aromatic nitrogens is 2. The molecule has 2 atom stereocenters. The molecule has 0 radical (unpaired) electrons. The normalized spacial score (nSPS) is 24.1. The summed E-state index contributed by atoms with van der Waals surface area (Å²) < 4.78 is 0. The predicted molar refractivity (Wildman–Crippen MR) is 115 cm³/mol. The van der Waals surface area contributed by atoms with E-state index >= 15 is 0 Å². The van der Waals surface area contributed by atoms with Crippen LogP contribution < -0.4 is 4.90 Å². The summed E-state index contributed by atoms with van der Waals surface area (Å²) >= 11 is 0. The van der Waals surface area contributed by atoms with Crippen LogP contribution >= 0.6 is 0 Å². The van der Waals surface area contributed by atoms with Crippen molar-refractivity contribution in [1.82, 2.24) is 24.7 Å². The van der Waals surface area contributed by atoms with E-state index in [0.717, 1.165) is 38.0 Å². The number of piperidine rings is 1. The number of carbonyl (C=O) groups excluding carboxylic acids is 3. The molecule has 1 aromatic rings. The fourth-order valence-corrected chi connectivity index (χ4v) is 4.84. The maximum Gasteiger partial charge on any atom is 0.242 e. The van der Waals surface area contributed by atoms with Gasteiger partial charge in [-0.15, -0.1) is 0 Å². The van der Waals surface area contributed by atoms with Crippen LogP contribution in [0.2, 0.25) is 0 Å². The lowest BCUT2D eigenvalue weighted by Gasteiger charge is -2.27. The molecule has 9 heteroatoms. The van der Waals surface area contributed by atoms with E-state index in [1.165, 1.54) is 6.42 Å². The molecule has 4 heterocycles. The molecule has 4 rings (SSSR count). The van der Waals surface area contributed by atoms with Crippen LogP contribution in [0.5, 0.6) is 0 Å². The molecule has 0 unspecified atom stereocenters. The van der Waals surface area contributed by atoms with Gasteiger partial charge in [0.1, 0.15) is 0 Å². The highest BCUT2D eigenvalue weighted by Gasteiger charge is 2.42. The van der Waals surface area contributed by atoms with E-state index in [9.17, 15) is 14.4 Å². The Hall–Kier alpha value is -2.71. The maximum absolute atomic E-state index is 12.9. The summed E-state index contributed by atoms with van der Waals surface area (Å²) in [7, 11) is 3.48. The first-order chi connectivity index (χ1) is 14.9. The Kier molecular flexibility index (Phi) is 6.38. The van der Waals surface area contributed by atoms with Crippen molar-refractivity contribution in [3.05, 3.63) is 18.0 Å². The van der Waals surface area contributed by atoms with E-state index in [1.54, 1.807) is 35.0 Å². The Labute approximate surface area is 183 Å². The Morgan fingerprint density at radius 1 is 1.10 bits per heavy atom. The fourth-order valence-electron chi connectivity index (χ4n) is 4.84. The van der Waals surface area contributed by atoms with Crippen LogP contribution in [-0.2, 0) is 14.4 Å². The average Bonchev–Trinajstić information content (AvgIpc) is 3.40. The SMILES string of the molecule is CN(C)C(=O)[C@@H]1CN(C(=O)CN2CCCC2=O)C[C@@H]1c1ccnc(N2CCCCC2)n1. The fraction of sp³-hybridized carbons (Fsp3) is 0.682. The number of amides is 3. The number of carbonyl (C=O) groups is 3. The van der Waals surface area contributed by atoms with Gasteiger partial charge in [0.15, 0.2) is 0 Å². The van der Waals surface area contributed by atoms with Crippen molar-refractivity contribution < 1.29 is 14.4 Å². The second kappa shape index (κ2) is 9.20. The van der Waals surface area contributed by atoms with Crippen molar-refractivity contribution in [2.24, 2.45) is 5.92 Å². The second-order valence-corrected chi connectivity index (χ2v) is 8.99. The molecule has 0 spiro atoms. The van der Waals surface area contributed by atoms with Crippen LogP contribution in [0.15, 0.2) is 12.3 Å². The highest BCUT2D eigenvalue weighted by molar-refractivity contribution is 5.87. The first-order valence-corrected chi connectivity index (χ1v) is 11.3. The zero-order valence-electron chi connectivity index (χ0n) is 18.5. The zero-order valence-corrected chi connectivity index (χ0v) is 18.5.